The van der Waals surface area contributed by atoms with Gasteiger partial charge in [0.15, 0.2) is 12.7 Å². The van der Waals surface area contributed by atoms with Crippen molar-refractivity contribution in [2.75, 3.05) is 5.75 Å². The Morgan fingerprint density at radius 3 is 2.51 bits per heavy atom. The molecule has 3 aromatic rings. The molecule has 0 bridgehead atoms. The van der Waals surface area contributed by atoms with Crippen molar-refractivity contribution < 1.29 is 27.6 Å². The number of carbonyl (C=O) groups is 1. The molecule has 1 amide bonds. The van der Waals surface area contributed by atoms with Crippen molar-refractivity contribution in [2.45, 2.75) is 68.2 Å². The second-order valence-corrected chi connectivity index (χ2v) is 12.4. The third-order valence-corrected chi connectivity index (χ3v) is 9.06. The lowest BCUT2D eigenvalue weighted by Crippen LogP contribution is -2.46. The summed E-state index contributed by atoms with van der Waals surface area (Å²) in [4.78, 5) is 13.8. The van der Waals surface area contributed by atoms with Gasteiger partial charge in [-0.2, -0.15) is 13.2 Å². The van der Waals surface area contributed by atoms with Crippen molar-refractivity contribution in [3.8, 4) is 0 Å². The SMILES string of the molecule is BC(O)(NC(=O)c1ccc2c(c1)cc(CC1CCCC=C1C(F)(F)F)n2C1CC1)c1ccc([S+]([O-])CC)cc1. The number of aliphatic hydroxyl groups is 1. The molecule has 206 valence electrons. The summed E-state index contributed by atoms with van der Waals surface area (Å²) in [5.74, 6) is -0.557. The van der Waals surface area contributed by atoms with Gasteiger partial charge in [0.1, 0.15) is 11.4 Å². The molecule has 39 heavy (non-hydrogen) atoms. The van der Waals surface area contributed by atoms with Gasteiger partial charge in [0.05, 0.1) is 0 Å². The van der Waals surface area contributed by atoms with Gasteiger partial charge >= 0.3 is 6.18 Å². The van der Waals surface area contributed by atoms with Gasteiger partial charge in [-0.3, -0.25) is 4.79 Å². The van der Waals surface area contributed by atoms with Gasteiger partial charge in [-0.1, -0.05) is 18.2 Å². The Balaban J connectivity index is 1.39. The number of allylic oxidation sites excluding steroid dienone is 2. The van der Waals surface area contributed by atoms with E-state index < -0.39 is 40.4 Å². The minimum absolute atomic E-state index is 0.268. The van der Waals surface area contributed by atoms with E-state index in [1.807, 2.05) is 19.1 Å². The topological polar surface area (TPSA) is 77.3 Å². The number of aromatic nitrogens is 1. The zero-order chi connectivity index (χ0) is 27.9. The highest BCUT2D eigenvalue weighted by molar-refractivity contribution is 7.91. The van der Waals surface area contributed by atoms with Gasteiger partial charge in [-0.25, -0.2) is 0 Å². The number of hydrogen-bond acceptors (Lipinski definition) is 3. The molecule has 2 aromatic carbocycles. The van der Waals surface area contributed by atoms with Crippen molar-refractivity contribution in [3.63, 3.8) is 0 Å². The van der Waals surface area contributed by atoms with E-state index in [1.165, 1.54) is 13.9 Å². The number of carbonyl (C=O) groups excluding carboxylic acids is 1. The fourth-order valence-corrected chi connectivity index (χ4v) is 6.35. The van der Waals surface area contributed by atoms with Crippen LogP contribution in [0.5, 0.6) is 0 Å². The molecule has 10 heteroatoms. The van der Waals surface area contributed by atoms with E-state index in [0.29, 0.717) is 41.0 Å². The van der Waals surface area contributed by atoms with E-state index in [2.05, 4.69) is 9.88 Å². The molecule has 5 rings (SSSR count). The van der Waals surface area contributed by atoms with Crippen LogP contribution in [0.3, 0.4) is 0 Å². The lowest BCUT2D eigenvalue weighted by molar-refractivity contribution is -0.101. The summed E-state index contributed by atoms with van der Waals surface area (Å²) in [5, 5.41) is 14.5. The maximum Gasteiger partial charge on any atom is 0.412 e. The zero-order valence-electron chi connectivity index (χ0n) is 22.1. The first-order valence-corrected chi connectivity index (χ1v) is 14.7. The van der Waals surface area contributed by atoms with Crippen LogP contribution in [0.4, 0.5) is 13.2 Å². The molecule has 1 heterocycles. The van der Waals surface area contributed by atoms with Crippen LogP contribution in [0.15, 0.2) is 65.1 Å². The third-order valence-electron chi connectivity index (χ3n) is 7.73. The number of benzene rings is 2. The number of amides is 1. The number of halogens is 3. The van der Waals surface area contributed by atoms with Gasteiger partial charge in [0.25, 0.3) is 5.91 Å². The number of hydrogen-bond donors (Lipinski definition) is 2. The van der Waals surface area contributed by atoms with Gasteiger partial charge in [-0.15, -0.1) is 0 Å². The molecule has 1 fully saturated rings. The van der Waals surface area contributed by atoms with Crippen LogP contribution < -0.4 is 5.32 Å². The van der Waals surface area contributed by atoms with Crippen molar-refractivity contribution in [2.24, 2.45) is 5.92 Å². The lowest BCUT2D eigenvalue weighted by atomic mass is 9.83. The average Bonchev–Trinajstić information content (AvgIpc) is 3.68. The van der Waals surface area contributed by atoms with Crippen LogP contribution in [0.1, 0.15) is 66.7 Å². The molecular formula is C29H32BF3N2O3S. The maximum absolute atomic E-state index is 13.7. The predicted molar refractivity (Wildman–Crippen MR) is 149 cm³/mol. The lowest BCUT2D eigenvalue weighted by Gasteiger charge is -2.26. The Labute approximate surface area is 230 Å². The molecule has 0 radical (unpaired) electrons. The second kappa shape index (κ2) is 10.7. The minimum Gasteiger partial charge on any atom is -0.611 e. The van der Waals surface area contributed by atoms with Crippen molar-refractivity contribution in [3.05, 3.63) is 77.0 Å². The van der Waals surface area contributed by atoms with Gasteiger partial charge < -0.3 is 19.5 Å². The molecule has 0 aliphatic heterocycles. The number of rotatable bonds is 8. The van der Waals surface area contributed by atoms with E-state index in [-0.39, 0.29) is 6.04 Å². The number of fused-ring (bicyclic) bond motifs is 1. The Kier molecular flexibility index (Phi) is 7.65. The second-order valence-electron chi connectivity index (χ2n) is 10.7. The molecule has 3 atom stereocenters. The van der Waals surface area contributed by atoms with Crippen LogP contribution in [-0.2, 0) is 23.2 Å². The summed E-state index contributed by atoms with van der Waals surface area (Å²) >= 11 is -1.12. The summed E-state index contributed by atoms with van der Waals surface area (Å²) in [5.41, 5.74) is 0.492. The molecule has 0 saturated heterocycles. The van der Waals surface area contributed by atoms with E-state index in [4.69, 9.17) is 0 Å². The fraction of sp³-hybridized carbons (Fsp3) is 0.414. The van der Waals surface area contributed by atoms with E-state index in [1.54, 1.807) is 36.4 Å². The Morgan fingerprint density at radius 2 is 1.87 bits per heavy atom. The molecule has 2 aliphatic carbocycles. The molecule has 5 nitrogen and oxygen atoms in total. The van der Waals surface area contributed by atoms with Crippen molar-refractivity contribution in [1.29, 1.82) is 0 Å². The van der Waals surface area contributed by atoms with Crippen LogP contribution in [0, 0.1) is 5.92 Å². The first-order valence-electron chi connectivity index (χ1n) is 13.4. The first-order chi connectivity index (χ1) is 18.5. The smallest absolute Gasteiger partial charge is 0.412 e. The van der Waals surface area contributed by atoms with Crippen LogP contribution in [-0.4, -0.2) is 39.9 Å². The molecule has 3 unspecified atom stereocenters. The van der Waals surface area contributed by atoms with Crippen molar-refractivity contribution in [1.82, 2.24) is 9.88 Å². The summed E-state index contributed by atoms with van der Waals surface area (Å²) in [6.07, 6.45) is 1.03. The van der Waals surface area contributed by atoms with E-state index in [0.717, 1.165) is 35.9 Å². The van der Waals surface area contributed by atoms with Crippen LogP contribution in [0.2, 0.25) is 0 Å². The minimum atomic E-state index is -4.32. The van der Waals surface area contributed by atoms with Crippen molar-refractivity contribution >= 4 is 35.8 Å². The van der Waals surface area contributed by atoms with Gasteiger partial charge in [0, 0.05) is 33.8 Å². The average molecular weight is 556 g/mol. The standard InChI is InChI=1S/C29H32BF3N2O3S/c1-2-39(38)24-12-8-21(9-13-24)28(30,37)34-27(36)19-7-14-26-20(15-19)17-23(35(26)22-10-11-22)16-18-5-3-4-6-25(18)29(31,32)33/h6-9,12-15,17-18,22,37H,2-5,10-11,16,30H2,1H3,(H,34,36). The molecular weight excluding hydrogens is 524 g/mol. The largest absolute Gasteiger partial charge is 0.611 e. The monoisotopic (exact) mass is 556 g/mol. The molecule has 2 aliphatic rings. The third kappa shape index (κ3) is 5.93. The van der Waals surface area contributed by atoms with E-state index in [9.17, 15) is 27.6 Å². The summed E-state index contributed by atoms with van der Waals surface area (Å²) < 4.78 is 55.2. The zero-order valence-corrected chi connectivity index (χ0v) is 22.9. The maximum atomic E-state index is 13.7. The molecule has 1 saturated carbocycles. The summed E-state index contributed by atoms with van der Waals surface area (Å²) in [6, 6.07) is 14.1. The predicted octanol–water partition coefficient (Wildman–Crippen LogP) is 5.10. The Hall–Kier alpha value is -2.69. The molecule has 0 spiro atoms. The first kappa shape index (κ1) is 27.9. The number of alkyl halides is 3. The van der Waals surface area contributed by atoms with E-state index >= 15 is 0 Å². The highest BCUT2D eigenvalue weighted by atomic mass is 32.2. The summed E-state index contributed by atoms with van der Waals surface area (Å²) in [7, 11) is 1.48. The summed E-state index contributed by atoms with van der Waals surface area (Å²) in [6.45, 7) is 1.83. The van der Waals surface area contributed by atoms with Gasteiger partial charge in [0.2, 0.25) is 0 Å². The highest BCUT2D eigenvalue weighted by Gasteiger charge is 2.40. The highest BCUT2D eigenvalue weighted by Crippen LogP contribution is 2.43. The normalized spacial score (nSPS) is 20.4. The Morgan fingerprint density at radius 1 is 1.15 bits per heavy atom. The molecule has 1 aromatic heterocycles. The fourth-order valence-electron chi connectivity index (χ4n) is 5.57. The van der Waals surface area contributed by atoms with Gasteiger partial charge in [-0.05, 0) is 105 Å². The Bertz CT molecular complexity index is 1400. The number of nitrogens with zero attached hydrogens (tertiary/aromatic N) is 1. The quantitative estimate of drug-likeness (QED) is 0.176. The number of nitrogens with one attached hydrogen (secondary N) is 1. The van der Waals surface area contributed by atoms with Crippen LogP contribution >= 0.6 is 0 Å². The molecule has 2 N–H and O–H groups in total. The van der Waals surface area contributed by atoms with Crippen LogP contribution in [0.25, 0.3) is 10.9 Å².